The van der Waals surface area contributed by atoms with E-state index in [4.69, 9.17) is 14.2 Å². The van der Waals surface area contributed by atoms with Gasteiger partial charge in [-0.05, 0) is 37.1 Å². The van der Waals surface area contributed by atoms with E-state index in [0.717, 1.165) is 44.8 Å². The Balaban J connectivity index is 1.25. The maximum atomic E-state index is 11.4. The largest absolute Gasteiger partial charge is 0.491 e. The van der Waals surface area contributed by atoms with Crippen molar-refractivity contribution in [1.82, 2.24) is 4.90 Å². The van der Waals surface area contributed by atoms with Crippen LogP contribution in [0.4, 0.5) is 5.69 Å². The summed E-state index contributed by atoms with van der Waals surface area (Å²) < 4.78 is 17.9. The molecule has 0 aromatic heterocycles. The zero-order valence-corrected chi connectivity index (χ0v) is 15.5. The number of benzene rings is 1. The van der Waals surface area contributed by atoms with Gasteiger partial charge in [0, 0.05) is 51.6 Å². The van der Waals surface area contributed by atoms with Crippen molar-refractivity contribution in [1.29, 1.82) is 0 Å². The maximum Gasteiger partial charge on any atom is 0.219 e. The van der Waals surface area contributed by atoms with Crippen LogP contribution in [0, 0.1) is 0 Å². The minimum Gasteiger partial charge on any atom is -0.491 e. The average Bonchev–Trinajstić information content (AvgIpc) is 3.30. The predicted molar refractivity (Wildman–Crippen MR) is 98.4 cm³/mol. The Labute approximate surface area is 155 Å². The molecule has 1 aromatic carbocycles. The van der Waals surface area contributed by atoms with Crippen LogP contribution < -0.4 is 9.64 Å². The molecule has 1 aliphatic carbocycles. The van der Waals surface area contributed by atoms with Gasteiger partial charge >= 0.3 is 0 Å². The summed E-state index contributed by atoms with van der Waals surface area (Å²) in [7, 11) is 0. The first-order valence-electron chi connectivity index (χ1n) is 9.69. The third-order valence-corrected chi connectivity index (χ3v) is 5.64. The Morgan fingerprint density at radius 3 is 2.50 bits per heavy atom. The fraction of sp³-hybridized carbons (Fsp3) is 0.650. The number of rotatable bonds is 4. The Morgan fingerprint density at radius 2 is 1.85 bits per heavy atom. The van der Waals surface area contributed by atoms with Crippen molar-refractivity contribution in [2.45, 2.75) is 44.5 Å². The highest BCUT2D eigenvalue weighted by Gasteiger charge is 2.43. The van der Waals surface area contributed by atoms with E-state index in [0.29, 0.717) is 13.2 Å². The van der Waals surface area contributed by atoms with E-state index in [2.05, 4.69) is 17.0 Å². The first kappa shape index (κ1) is 17.6. The van der Waals surface area contributed by atoms with E-state index >= 15 is 0 Å². The third kappa shape index (κ3) is 3.81. The number of nitrogens with zero attached hydrogens (tertiary/aromatic N) is 2. The molecule has 2 aliphatic heterocycles. The van der Waals surface area contributed by atoms with E-state index < -0.39 is 0 Å². The Morgan fingerprint density at radius 1 is 1.15 bits per heavy atom. The molecule has 0 N–H and O–H groups in total. The summed E-state index contributed by atoms with van der Waals surface area (Å²) in [5.41, 5.74) is 1.17. The van der Waals surface area contributed by atoms with Crippen LogP contribution in [0.2, 0.25) is 0 Å². The molecular formula is C20H28N2O4. The molecule has 4 rings (SSSR count). The van der Waals surface area contributed by atoms with Crippen molar-refractivity contribution in [2.75, 3.05) is 44.3 Å². The van der Waals surface area contributed by atoms with Gasteiger partial charge in [-0.3, -0.25) is 4.79 Å². The van der Waals surface area contributed by atoms with E-state index in [-0.39, 0.29) is 17.8 Å². The average molecular weight is 360 g/mol. The second kappa shape index (κ2) is 7.45. The fourth-order valence-electron chi connectivity index (χ4n) is 4.10. The van der Waals surface area contributed by atoms with Gasteiger partial charge < -0.3 is 24.0 Å². The molecule has 3 aliphatic rings. The number of amides is 1. The van der Waals surface area contributed by atoms with Gasteiger partial charge in [-0.25, -0.2) is 0 Å². The zero-order chi connectivity index (χ0) is 18.0. The monoisotopic (exact) mass is 360 g/mol. The summed E-state index contributed by atoms with van der Waals surface area (Å²) in [4.78, 5) is 15.6. The Bertz CT molecular complexity index is 619. The van der Waals surface area contributed by atoms with E-state index in [1.54, 1.807) is 6.92 Å². The topological polar surface area (TPSA) is 51.2 Å². The van der Waals surface area contributed by atoms with Crippen LogP contribution in [0.3, 0.4) is 0 Å². The lowest BCUT2D eigenvalue weighted by Crippen LogP contribution is -2.48. The van der Waals surface area contributed by atoms with Crippen LogP contribution in [-0.4, -0.2) is 62.1 Å². The number of ether oxygens (including phenoxy) is 3. The lowest BCUT2D eigenvalue weighted by atomic mass is 10.2. The third-order valence-electron chi connectivity index (χ3n) is 5.64. The first-order valence-corrected chi connectivity index (χ1v) is 9.69. The number of hydrogen-bond donors (Lipinski definition) is 0. The highest BCUT2D eigenvalue weighted by Crippen LogP contribution is 2.39. The number of anilines is 1. The molecule has 1 amide bonds. The molecule has 2 heterocycles. The summed E-state index contributed by atoms with van der Waals surface area (Å²) in [5, 5.41) is 0. The number of carbonyl (C=O) groups excluding carboxylic acids is 1. The minimum absolute atomic E-state index is 0.0208. The van der Waals surface area contributed by atoms with Crippen molar-refractivity contribution < 1.29 is 19.0 Å². The number of piperazine rings is 1. The molecule has 0 bridgehead atoms. The van der Waals surface area contributed by atoms with E-state index in [1.165, 1.54) is 18.5 Å². The van der Waals surface area contributed by atoms with Crippen molar-refractivity contribution in [3.63, 3.8) is 0 Å². The molecule has 1 aromatic rings. The second-order valence-electron chi connectivity index (χ2n) is 7.47. The molecule has 1 spiro atoms. The van der Waals surface area contributed by atoms with Crippen molar-refractivity contribution in [2.24, 2.45) is 0 Å². The molecule has 1 atom stereocenters. The number of hydrogen-bond acceptors (Lipinski definition) is 5. The van der Waals surface area contributed by atoms with Crippen LogP contribution in [0.5, 0.6) is 5.75 Å². The van der Waals surface area contributed by atoms with Crippen molar-refractivity contribution >= 4 is 11.6 Å². The number of carbonyl (C=O) groups is 1. The standard InChI is InChI=1S/C20H28N2O4/c1-16(23)21-10-12-22(13-11-21)17-4-6-18(7-5-17)24-14-19-15-25-20(26-19)8-2-3-9-20/h4-7,19H,2-3,8-15H2,1H3. The molecule has 1 saturated carbocycles. The van der Waals surface area contributed by atoms with Gasteiger partial charge in [0.1, 0.15) is 18.5 Å². The Hall–Kier alpha value is -1.79. The van der Waals surface area contributed by atoms with Gasteiger partial charge in [-0.1, -0.05) is 0 Å². The smallest absolute Gasteiger partial charge is 0.219 e. The summed E-state index contributed by atoms with van der Waals surface area (Å²) in [6, 6.07) is 8.19. The second-order valence-corrected chi connectivity index (χ2v) is 7.47. The van der Waals surface area contributed by atoms with Gasteiger partial charge in [0.05, 0.1) is 6.61 Å². The van der Waals surface area contributed by atoms with Gasteiger partial charge in [-0.15, -0.1) is 0 Å². The van der Waals surface area contributed by atoms with Crippen molar-refractivity contribution in [3.05, 3.63) is 24.3 Å². The van der Waals surface area contributed by atoms with E-state index in [1.807, 2.05) is 17.0 Å². The van der Waals surface area contributed by atoms with Crippen molar-refractivity contribution in [3.8, 4) is 5.75 Å². The van der Waals surface area contributed by atoms with Gasteiger partial charge in [0.25, 0.3) is 0 Å². The minimum atomic E-state index is -0.320. The summed E-state index contributed by atoms with van der Waals surface area (Å²) in [6.45, 7) is 6.10. The highest BCUT2D eigenvalue weighted by atomic mass is 16.8. The van der Waals surface area contributed by atoms with Crippen LogP contribution >= 0.6 is 0 Å². The molecule has 1 unspecified atom stereocenters. The molecule has 6 heteroatoms. The summed E-state index contributed by atoms with van der Waals surface area (Å²) >= 11 is 0. The van der Waals surface area contributed by atoms with Crippen LogP contribution in [0.25, 0.3) is 0 Å². The lowest BCUT2D eigenvalue weighted by Gasteiger charge is -2.35. The molecule has 142 valence electrons. The molecule has 2 saturated heterocycles. The molecule has 6 nitrogen and oxygen atoms in total. The molecule has 0 radical (unpaired) electrons. The lowest BCUT2D eigenvalue weighted by molar-refractivity contribution is -0.164. The fourth-order valence-corrected chi connectivity index (χ4v) is 4.10. The van der Waals surface area contributed by atoms with Crippen LogP contribution in [-0.2, 0) is 14.3 Å². The maximum absolute atomic E-state index is 11.4. The SMILES string of the molecule is CC(=O)N1CCN(c2ccc(OCC3COC4(CCCC4)O3)cc2)CC1. The molecule has 26 heavy (non-hydrogen) atoms. The Kier molecular flexibility index (Phi) is 5.05. The highest BCUT2D eigenvalue weighted by molar-refractivity contribution is 5.73. The summed E-state index contributed by atoms with van der Waals surface area (Å²) in [6.07, 6.45) is 4.42. The molecule has 3 fully saturated rings. The zero-order valence-electron chi connectivity index (χ0n) is 15.5. The predicted octanol–water partition coefficient (Wildman–Crippen LogP) is 2.42. The van der Waals surface area contributed by atoms with Gasteiger partial charge in [0.15, 0.2) is 5.79 Å². The van der Waals surface area contributed by atoms with E-state index in [9.17, 15) is 4.79 Å². The summed E-state index contributed by atoms with van der Waals surface area (Å²) in [5.74, 6) is 0.692. The molecular weight excluding hydrogens is 332 g/mol. The van der Waals surface area contributed by atoms with Gasteiger partial charge in [0.2, 0.25) is 5.91 Å². The van der Waals surface area contributed by atoms with Gasteiger partial charge in [-0.2, -0.15) is 0 Å². The van der Waals surface area contributed by atoms with Crippen LogP contribution in [0.15, 0.2) is 24.3 Å². The first-order chi connectivity index (χ1) is 12.6. The quantitative estimate of drug-likeness (QED) is 0.825. The van der Waals surface area contributed by atoms with Crippen LogP contribution in [0.1, 0.15) is 32.6 Å². The normalized spacial score (nSPS) is 25.0.